The van der Waals surface area contributed by atoms with Gasteiger partial charge in [0, 0.05) is 0 Å². The van der Waals surface area contributed by atoms with Gasteiger partial charge in [0.15, 0.2) is 0 Å². The summed E-state index contributed by atoms with van der Waals surface area (Å²) in [4.78, 5) is 0. The first-order valence-corrected chi connectivity index (χ1v) is 10.5. The van der Waals surface area contributed by atoms with Crippen molar-refractivity contribution in [3.05, 3.63) is 0 Å². The van der Waals surface area contributed by atoms with Gasteiger partial charge in [0.1, 0.15) is 0 Å². The number of rotatable bonds is 10. The predicted octanol–water partition coefficient (Wildman–Crippen LogP) is 3.96. The van der Waals surface area contributed by atoms with Crippen LogP contribution in [0.5, 0.6) is 0 Å². The predicted molar refractivity (Wildman–Crippen MR) is 65.2 cm³/mol. The van der Waals surface area contributed by atoms with E-state index >= 15 is 0 Å². The van der Waals surface area contributed by atoms with Gasteiger partial charge in [-0.2, -0.15) is 0 Å². The summed E-state index contributed by atoms with van der Waals surface area (Å²) >= 11 is 0.963. The van der Waals surface area contributed by atoms with E-state index in [0.717, 1.165) is 24.4 Å². The van der Waals surface area contributed by atoms with Gasteiger partial charge >= 0.3 is 99.7 Å². The Hall–Kier alpha value is 0.870. The van der Waals surface area contributed by atoms with Gasteiger partial charge in [-0.05, 0) is 0 Å². The summed E-state index contributed by atoms with van der Waals surface area (Å²) in [6, 6.07) is 0. The van der Waals surface area contributed by atoms with Crippen LogP contribution in [-0.2, 0) is 0 Å². The van der Waals surface area contributed by atoms with Crippen molar-refractivity contribution < 1.29 is 0 Å². The van der Waals surface area contributed by atoms with E-state index in [2.05, 4.69) is 6.92 Å². The molecular formula is C12H27In. The monoisotopic (exact) mass is 286 g/mol. The molecule has 0 aromatic carbocycles. The molecular weight excluding hydrogens is 259 g/mol. The van der Waals surface area contributed by atoms with Crippen molar-refractivity contribution in [2.24, 2.45) is 0 Å². The molecule has 1 heteroatoms. The Bertz CT molecular complexity index is 71.2. The minimum absolute atomic E-state index is 0.963. The normalized spacial score (nSPS) is 10.5. The van der Waals surface area contributed by atoms with Gasteiger partial charge < -0.3 is 0 Å². The quantitative estimate of drug-likeness (QED) is 0.533. The van der Waals surface area contributed by atoms with E-state index < -0.39 is 0 Å². The topological polar surface area (TPSA) is 0 Å². The zero-order valence-electron chi connectivity index (χ0n) is 9.78. The first kappa shape index (κ1) is 13.9. The SMILES string of the molecule is CCCCCCCCCCC[CH2][InH2]. The molecule has 0 nitrogen and oxygen atoms in total. The zero-order valence-corrected chi connectivity index (χ0v) is 15.5. The third kappa shape index (κ3) is 12.9. The Kier molecular flexibility index (Phi) is 13.7. The Labute approximate surface area is 99.4 Å². The fourth-order valence-corrected chi connectivity index (χ4v) is 3.16. The molecule has 0 fully saturated rings. The standard InChI is InChI=1S/C12H25.In.2H/c1-3-5-7-9-11-12-10-8-6-4-2;;;/h1,3-12H2,2H3;;;. The van der Waals surface area contributed by atoms with E-state index in [0.29, 0.717) is 0 Å². The molecule has 0 rings (SSSR count). The molecule has 0 amide bonds. The van der Waals surface area contributed by atoms with Crippen LogP contribution in [-0.4, -0.2) is 24.4 Å². The average Bonchev–Trinajstić information content (AvgIpc) is 2.16. The molecule has 0 atom stereocenters. The van der Waals surface area contributed by atoms with Gasteiger partial charge in [0.05, 0.1) is 0 Å². The maximum atomic E-state index is 2.29. The van der Waals surface area contributed by atoms with Crippen LogP contribution in [0.4, 0.5) is 0 Å². The molecule has 0 heterocycles. The molecule has 0 spiro atoms. The number of unbranched alkanes of at least 4 members (excludes halogenated alkanes) is 9. The first-order chi connectivity index (χ1) is 6.41. The van der Waals surface area contributed by atoms with Crippen molar-refractivity contribution in [1.82, 2.24) is 0 Å². The van der Waals surface area contributed by atoms with Gasteiger partial charge in [-0.1, -0.05) is 0 Å². The molecule has 0 radical (unpaired) electrons. The van der Waals surface area contributed by atoms with Crippen LogP contribution in [0.2, 0.25) is 4.18 Å². The van der Waals surface area contributed by atoms with Crippen LogP contribution in [0.15, 0.2) is 0 Å². The molecule has 13 heavy (non-hydrogen) atoms. The van der Waals surface area contributed by atoms with Crippen molar-refractivity contribution in [3.63, 3.8) is 0 Å². The van der Waals surface area contributed by atoms with Crippen LogP contribution in [0.1, 0.15) is 71.1 Å². The molecule has 0 saturated carbocycles. The van der Waals surface area contributed by atoms with Crippen molar-refractivity contribution in [3.8, 4) is 0 Å². The Morgan fingerprint density at radius 3 is 1.38 bits per heavy atom. The molecule has 0 aliphatic heterocycles. The number of hydrogen-bond acceptors (Lipinski definition) is 0. The summed E-state index contributed by atoms with van der Waals surface area (Å²) in [7, 11) is 0. The average molecular weight is 286 g/mol. The van der Waals surface area contributed by atoms with E-state index in [4.69, 9.17) is 0 Å². The molecule has 0 saturated heterocycles. The molecule has 0 bridgehead atoms. The molecule has 0 aliphatic carbocycles. The Morgan fingerprint density at radius 1 is 0.615 bits per heavy atom. The van der Waals surface area contributed by atoms with Crippen molar-refractivity contribution in [1.29, 1.82) is 0 Å². The van der Waals surface area contributed by atoms with Gasteiger partial charge in [0.25, 0.3) is 0 Å². The maximum absolute atomic E-state index is 2.29. The van der Waals surface area contributed by atoms with Gasteiger partial charge in [0.2, 0.25) is 0 Å². The van der Waals surface area contributed by atoms with E-state index in [-0.39, 0.29) is 0 Å². The first-order valence-electron chi connectivity index (χ1n) is 6.41. The zero-order chi connectivity index (χ0) is 9.78. The van der Waals surface area contributed by atoms with Crippen LogP contribution >= 0.6 is 0 Å². The molecule has 78 valence electrons. The van der Waals surface area contributed by atoms with Gasteiger partial charge in [-0.3, -0.25) is 0 Å². The Morgan fingerprint density at radius 2 is 1.00 bits per heavy atom. The van der Waals surface area contributed by atoms with Crippen LogP contribution in [0, 0.1) is 0 Å². The molecule has 0 aromatic rings. The fraction of sp³-hybridized carbons (Fsp3) is 1.00. The van der Waals surface area contributed by atoms with Crippen LogP contribution in [0.25, 0.3) is 0 Å². The van der Waals surface area contributed by atoms with Crippen molar-refractivity contribution in [2.45, 2.75) is 75.3 Å². The second-order valence-electron chi connectivity index (χ2n) is 4.18. The number of hydrogen-bond donors (Lipinski definition) is 0. The second-order valence-corrected chi connectivity index (χ2v) is 7.04. The van der Waals surface area contributed by atoms with E-state index in [1.165, 1.54) is 64.2 Å². The minimum atomic E-state index is 0.963. The molecule has 0 unspecified atom stereocenters. The summed E-state index contributed by atoms with van der Waals surface area (Å²) in [5.41, 5.74) is 0. The van der Waals surface area contributed by atoms with E-state index in [1.807, 2.05) is 0 Å². The molecule has 0 aromatic heterocycles. The van der Waals surface area contributed by atoms with Gasteiger partial charge in [-0.25, -0.2) is 0 Å². The van der Waals surface area contributed by atoms with Crippen molar-refractivity contribution >= 4 is 24.4 Å². The third-order valence-electron chi connectivity index (χ3n) is 2.71. The Balaban J connectivity index is 2.76. The summed E-state index contributed by atoms with van der Waals surface area (Å²) in [5, 5.41) is 0. The summed E-state index contributed by atoms with van der Waals surface area (Å²) in [5.74, 6) is 0. The van der Waals surface area contributed by atoms with Crippen LogP contribution in [0.3, 0.4) is 0 Å². The van der Waals surface area contributed by atoms with E-state index in [9.17, 15) is 0 Å². The summed E-state index contributed by atoms with van der Waals surface area (Å²) < 4.78 is 1.58. The summed E-state index contributed by atoms with van der Waals surface area (Å²) in [6.45, 7) is 2.29. The third-order valence-corrected chi connectivity index (χ3v) is 4.73. The molecule has 0 N–H and O–H groups in total. The fourth-order valence-electron chi connectivity index (χ4n) is 1.74. The summed E-state index contributed by atoms with van der Waals surface area (Å²) in [6.07, 6.45) is 14.8. The van der Waals surface area contributed by atoms with Crippen molar-refractivity contribution in [2.75, 3.05) is 0 Å². The van der Waals surface area contributed by atoms with E-state index in [1.54, 1.807) is 4.18 Å². The van der Waals surface area contributed by atoms with Gasteiger partial charge in [-0.15, -0.1) is 0 Å². The second kappa shape index (κ2) is 12.9. The van der Waals surface area contributed by atoms with Crippen LogP contribution < -0.4 is 0 Å². The molecule has 0 aliphatic rings.